The Bertz CT molecular complexity index is 730. The third-order valence-corrected chi connectivity index (χ3v) is 5.81. The Kier molecular flexibility index (Phi) is 5.31. The van der Waals surface area contributed by atoms with Crippen molar-refractivity contribution in [2.45, 2.75) is 56.9 Å². The molecule has 6 heteroatoms. The number of aromatic nitrogens is 4. The molecule has 0 atom stereocenters. The normalized spacial score (nSPS) is 24.7. The van der Waals surface area contributed by atoms with E-state index in [0.29, 0.717) is 17.9 Å². The Hall–Kier alpha value is -1.79. The standard InChI is InChI=1S/C20H29N5O/c1-25-13-17(20(24-25)15-7-10-26-11-8-15)18-6-9-22-19(23-18)12-14-2-4-16(21)5-3-14/h6,9,13-16H,2-5,7-8,10-12,21H2,1H3. The average molecular weight is 355 g/mol. The second-order valence-electron chi connectivity index (χ2n) is 7.83. The molecule has 3 heterocycles. The summed E-state index contributed by atoms with van der Waals surface area (Å²) in [5.41, 5.74) is 9.33. The molecule has 0 bridgehead atoms. The molecule has 0 aromatic carbocycles. The third kappa shape index (κ3) is 3.96. The molecular weight excluding hydrogens is 326 g/mol. The molecule has 6 nitrogen and oxygen atoms in total. The Morgan fingerprint density at radius 3 is 2.69 bits per heavy atom. The van der Waals surface area contributed by atoms with E-state index in [-0.39, 0.29) is 0 Å². The molecule has 2 aromatic heterocycles. The van der Waals surface area contributed by atoms with Gasteiger partial charge in [-0.2, -0.15) is 5.10 Å². The lowest BCUT2D eigenvalue weighted by atomic mass is 9.84. The van der Waals surface area contributed by atoms with Gasteiger partial charge in [0.1, 0.15) is 5.82 Å². The molecule has 1 aliphatic carbocycles. The smallest absolute Gasteiger partial charge is 0.129 e. The average Bonchev–Trinajstić information content (AvgIpc) is 3.06. The highest BCUT2D eigenvalue weighted by Gasteiger charge is 2.24. The van der Waals surface area contributed by atoms with Gasteiger partial charge in [0.05, 0.1) is 11.4 Å². The van der Waals surface area contributed by atoms with Gasteiger partial charge >= 0.3 is 0 Å². The van der Waals surface area contributed by atoms with Crippen molar-refractivity contribution in [3.63, 3.8) is 0 Å². The zero-order valence-corrected chi connectivity index (χ0v) is 15.6. The summed E-state index contributed by atoms with van der Waals surface area (Å²) >= 11 is 0. The van der Waals surface area contributed by atoms with Crippen LogP contribution in [0, 0.1) is 5.92 Å². The van der Waals surface area contributed by atoms with Crippen LogP contribution in [-0.4, -0.2) is 39.0 Å². The molecule has 2 aromatic rings. The van der Waals surface area contributed by atoms with E-state index in [0.717, 1.165) is 68.1 Å². The molecule has 0 amide bonds. The molecular formula is C20H29N5O. The number of hydrogen-bond acceptors (Lipinski definition) is 5. The van der Waals surface area contributed by atoms with Gasteiger partial charge in [0.25, 0.3) is 0 Å². The van der Waals surface area contributed by atoms with Crippen LogP contribution in [0.1, 0.15) is 56.0 Å². The van der Waals surface area contributed by atoms with Crippen molar-refractivity contribution in [2.75, 3.05) is 13.2 Å². The Morgan fingerprint density at radius 1 is 1.15 bits per heavy atom. The van der Waals surface area contributed by atoms with Gasteiger partial charge in [0.2, 0.25) is 0 Å². The van der Waals surface area contributed by atoms with Crippen LogP contribution in [0.3, 0.4) is 0 Å². The number of aryl methyl sites for hydroxylation is 1. The minimum Gasteiger partial charge on any atom is -0.381 e. The molecule has 26 heavy (non-hydrogen) atoms. The van der Waals surface area contributed by atoms with Crippen molar-refractivity contribution < 1.29 is 4.74 Å². The predicted octanol–water partition coefficient (Wildman–Crippen LogP) is 2.83. The van der Waals surface area contributed by atoms with Crippen LogP contribution in [0.5, 0.6) is 0 Å². The molecule has 2 aliphatic rings. The highest BCUT2D eigenvalue weighted by molar-refractivity contribution is 5.61. The fourth-order valence-corrected chi connectivity index (χ4v) is 4.27. The summed E-state index contributed by atoms with van der Waals surface area (Å²) in [5, 5.41) is 4.75. The van der Waals surface area contributed by atoms with E-state index in [9.17, 15) is 0 Å². The molecule has 0 spiro atoms. The van der Waals surface area contributed by atoms with Crippen molar-refractivity contribution in [1.29, 1.82) is 0 Å². The third-order valence-electron chi connectivity index (χ3n) is 5.81. The topological polar surface area (TPSA) is 78.9 Å². The van der Waals surface area contributed by atoms with E-state index in [1.165, 1.54) is 12.8 Å². The molecule has 1 saturated heterocycles. The van der Waals surface area contributed by atoms with Crippen LogP contribution >= 0.6 is 0 Å². The summed E-state index contributed by atoms with van der Waals surface area (Å²) in [5.74, 6) is 2.07. The van der Waals surface area contributed by atoms with E-state index >= 15 is 0 Å². The number of rotatable bonds is 4. The van der Waals surface area contributed by atoms with E-state index in [1.54, 1.807) is 0 Å². The quantitative estimate of drug-likeness (QED) is 0.912. The molecule has 2 N–H and O–H groups in total. The fourth-order valence-electron chi connectivity index (χ4n) is 4.27. The zero-order chi connectivity index (χ0) is 17.9. The van der Waals surface area contributed by atoms with Crippen LogP contribution < -0.4 is 5.73 Å². The lowest BCUT2D eigenvalue weighted by Crippen LogP contribution is -2.27. The second-order valence-corrected chi connectivity index (χ2v) is 7.83. The van der Waals surface area contributed by atoms with Crippen molar-refractivity contribution >= 4 is 0 Å². The van der Waals surface area contributed by atoms with Crippen molar-refractivity contribution in [3.05, 3.63) is 30.0 Å². The molecule has 2 fully saturated rings. The van der Waals surface area contributed by atoms with Crippen LogP contribution in [0.2, 0.25) is 0 Å². The zero-order valence-electron chi connectivity index (χ0n) is 15.6. The second kappa shape index (κ2) is 7.84. The first-order chi connectivity index (χ1) is 12.7. The molecule has 0 radical (unpaired) electrons. The molecule has 4 rings (SSSR count). The minimum atomic E-state index is 0.385. The van der Waals surface area contributed by atoms with Gasteiger partial charge in [-0.1, -0.05) is 0 Å². The predicted molar refractivity (Wildman–Crippen MR) is 101 cm³/mol. The summed E-state index contributed by atoms with van der Waals surface area (Å²) in [6.07, 6.45) is 11.6. The van der Waals surface area contributed by atoms with Crippen LogP contribution in [0.4, 0.5) is 0 Å². The maximum Gasteiger partial charge on any atom is 0.129 e. The summed E-state index contributed by atoms with van der Waals surface area (Å²) in [6, 6.07) is 2.40. The number of nitrogens with zero attached hydrogens (tertiary/aromatic N) is 4. The largest absolute Gasteiger partial charge is 0.381 e. The lowest BCUT2D eigenvalue weighted by Gasteiger charge is -2.25. The minimum absolute atomic E-state index is 0.385. The van der Waals surface area contributed by atoms with Gasteiger partial charge in [-0.15, -0.1) is 0 Å². The van der Waals surface area contributed by atoms with E-state index in [4.69, 9.17) is 20.6 Å². The maximum absolute atomic E-state index is 6.03. The van der Waals surface area contributed by atoms with Gasteiger partial charge in [0, 0.05) is 56.6 Å². The highest BCUT2D eigenvalue weighted by Crippen LogP contribution is 2.33. The summed E-state index contributed by atoms with van der Waals surface area (Å²) in [4.78, 5) is 9.44. The van der Waals surface area contributed by atoms with Gasteiger partial charge in [-0.05, 0) is 50.5 Å². The maximum atomic E-state index is 6.03. The van der Waals surface area contributed by atoms with Crippen LogP contribution in [0.25, 0.3) is 11.3 Å². The fraction of sp³-hybridized carbons (Fsp3) is 0.650. The molecule has 140 valence electrons. The first-order valence-electron chi connectivity index (χ1n) is 9.88. The highest BCUT2D eigenvalue weighted by atomic mass is 16.5. The Labute approximate surface area is 155 Å². The Morgan fingerprint density at radius 2 is 1.92 bits per heavy atom. The van der Waals surface area contributed by atoms with Crippen molar-refractivity contribution in [1.82, 2.24) is 19.7 Å². The van der Waals surface area contributed by atoms with Crippen molar-refractivity contribution in [3.8, 4) is 11.3 Å². The van der Waals surface area contributed by atoms with Gasteiger partial charge < -0.3 is 10.5 Å². The van der Waals surface area contributed by atoms with Gasteiger partial charge in [-0.25, -0.2) is 9.97 Å². The van der Waals surface area contributed by atoms with Crippen LogP contribution in [-0.2, 0) is 18.2 Å². The number of ether oxygens (including phenoxy) is 1. The molecule has 0 unspecified atom stereocenters. The molecule has 1 aliphatic heterocycles. The first-order valence-corrected chi connectivity index (χ1v) is 9.88. The van der Waals surface area contributed by atoms with Gasteiger partial charge in [-0.3, -0.25) is 4.68 Å². The van der Waals surface area contributed by atoms with Gasteiger partial charge in [0.15, 0.2) is 0 Å². The first kappa shape index (κ1) is 17.6. The Balaban J connectivity index is 1.55. The monoisotopic (exact) mass is 355 g/mol. The van der Waals surface area contributed by atoms with E-state index in [1.807, 2.05) is 24.0 Å². The van der Waals surface area contributed by atoms with E-state index < -0.39 is 0 Å². The van der Waals surface area contributed by atoms with E-state index in [2.05, 4.69) is 11.2 Å². The summed E-state index contributed by atoms with van der Waals surface area (Å²) < 4.78 is 7.42. The molecule has 1 saturated carbocycles. The summed E-state index contributed by atoms with van der Waals surface area (Å²) in [6.45, 7) is 1.64. The van der Waals surface area contributed by atoms with Crippen LogP contribution in [0.15, 0.2) is 18.5 Å². The lowest BCUT2D eigenvalue weighted by molar-refractivity contribution is 0.0845. The summed E-state index contributed by atoms with van der Waals surface area (Å²) in [7, 11) is 1.99. The SMILES string of the molecule is Cn1cc(-c2ccnc(CC3CCC(N)CC3)n2)c(C2CCOCC2)n1. The number of hydrogen-bond donors (Lipinski definition) is 1. The van der Waals surface area contributed by atoms with Crippen molar-refractivity contribution in [2.24, 2.45) is 18.7 Å². The number of nitrogens with two attached hydrogens (primary N) is 1.